The predicted octanol–water partition coefficient (Wildman–Crippen LogP) is 0.466. The van der Waals surface area contributed by atoms with Crippen LogP contribution in [0.15, 0.2) is 0 Å². The van der Waals surface area contributed by atoms with Crippen LogP contribution in [0.5, 0.6) is 0 Å². The van der Waals surface area contributed by atoms with Gasteiger partial charge in [-0.2, -0.15) is 0 Å². The summed E-state index contributed by atoms with van der Waals surface area (Å²) in [5.41, 5.74) is 6.01. The van der Waals surface area contributed by atoms with Crippen molar-refractivity contribution in [2.75, 3.05) is 19.3 Å². The van der Waals surface area contributed by atoms with Crippen molar-refractivity contribution in [2.45, 2.75) is 50.6 Å². The molecule has 1 amide bonds. The first kappa shape index (κ1) is 18.7. The quantitative estimate of drug-likeness (QED) is 0.761. The maximum absolute atomic E-state index is 12.4. The van der Waals surface area contributed by atoms with Gasteiger partial charge in [0.15, 0.2) is 0 Å². The lowest BCUT2D eigenvalue weighted by Gasteiger charge is -2.26. The summed E-state index contributed by atoms with van der Waals surface area (Å²) in [5, 5.41) is 0. The van der Waals surface area contributed by atoms with E-state index in [9.17, 15) is 13.2 Å². The van der Waals surface area contributed by atoms with Crippen LogP contribution < -0.4 is 10.5 Å². The van der Waals surface area contributed by atoms with Crippen LogP contribution in [0.2, 0.25) is 0 Å². The van der Waals surface area contributed by atoms with Gasteiger partial charge in [0, 0.05) is 25.0 Å². The van der Waals surface area contributed by atoms with Gasteiger partial charge in [-0.3, -0.25) is 4.79 Å². The molecule has 0 radical (unpaired) electrons. The van der Waals surface area contributed by atoms with Gasteiger partial charge in [-0.15, -0.1) is 12.4 Å². The fraction of sp³-hybridized carbons (Fsp3) is 0.923. The summed E-state index contributed by atoms with van der Waals surface area (Å²) in [7, 11) is -1.87. The zero-order valence-electron chi connectivity index (χ0n) is 12.5. The number of halogens is 1. The Balaban J connectivity index is 0.00000220. The van der Waals surface area contributed by atoms with E-state index in [0.29, 0.717) is 13.0 Å². The van der Waals surface area contributed by atoms with E-state index in [0.717, 1.165) is 32.1 Å². The number of carbonyl (C=O) groups is 1. The molecule has 6 nitrogen and oxygen atoms in total. The molecule has 0 aromatic carbocycles. The van der Waals surface area contributed by atoms with Gasteiger partial charge in [0.05, 0.1) is 5.75 Å². The van der Waals surface area contributed by atoms with Crippen molar-refractivity contribution in [2.24, 2.45) is 11.7 Å². The van der Waals surface area contributed by atoms with Crippen molar-refractivity contribution in [3.05, 3.63) is 0 Å². The highest BCUT2D eigenvalue weighted by atomic mass is 35.5. The van der Waals surface area contributed by atoms with E-state index >= 15 is 0 Å². The summed E-state index contributed by atoms with van der Waals surface area (Å²) in [4.78, 5) is 14.1. The van der Waals surface area contributed by atoms with Gasteiger partial charge < -0.3 is 10.6 Å². The second-order valence-electron chi connectivity index (χ2n) is 5.93. The van der Waals surface area contributed by atoms with Gasteiger partial charge in [0.1, 0.15) is 0 Å². The zero-order valence-corrected chi connectivity index (χ0v) is 14.1. The number of hydrogen-bond donors (Lipinski definition) is 2. The van der Waals surface area contributed by atoms with E-state index in [1.165, 1.54) is 7.05 Å². The van der Waals surface area contributed by atoms with E-state index in [2.05, 4.69) is 4.72 Å². The molecule has 1 aliphatic heterocycles. The second-order valence-corrected chi connectivity index (χ2v) is 7.90. The Morgan fingerprint density at radius 1 is 1.29 bits per heavy atom. The van der Waals surface area contributed by atoms with Crippen molar-refractivity contribution < 1.29 is 13.2 Å². The standard InChI is InChI=1S/C13H25N3O3S.ClH/c1-15-20(18,19)9-11-5-3-7-16(11)13(17)8-10-4-2-6-12(10)14;/h10-12,15H,2-9,14H2,1H3;1H/t10-,11?,12+;/m0./s1. The van der Waals surface area contributed by atoms with Gasteiger partial charge >= 0.3 is 0 Å². The molecule has 0 spiro atoms. The molecule has 124 valence electrons. The van der Waals surface area contributed by atoms with E-state index < -0.39 is 10.0 Å². The topological polar surface area (TPSA) is 92.5 Å². The number of sulfonamides is 1. The first-order chi connectivity index (χ1) is 9.43. The van der Waals surface area contributed by atoms with Crippen molar-refractivity contribution in [3.63, 3.8) is 0 Å². The Kier molecular flexibility index (Phi) is 6.90. The Hall–Kier alpha value is -0.370. The maximum Gasteiger partial charge on any atom is 0.223 e. The number of likely N-dealkylation sites (tertiary alicyclic amines) is 1. The lowest BCUT2D eigenvalue weighted by molar-refractivity contribution is -0.132. The van der Waals surface area contributed by atoms with E-state index in [4.69, 9.17) is 5.73 Å². The molecule has 1 heterocycles. The molecule has 0 bridgehead atoms. The highest BCUT2D eigenvalue weighted by Gasteiger charge is 2.34. The molecule has 3 N–H and O–H groups in total. The number of nitrogens with zero attached hydrogens (tertiary/aromatic N) is 1. The Bertz CT molecular complexity index is 458. The fourth-order valence-electron chi connectivity index (χ4n) is 3.33. The number of nitrogens with two attached hydrogens (primary N) is 1. The van der Waals surface area contributed by atoms with Gasteiger partial charge in [-0.05, 0) is 38.6 Å². The van der Waals surface area contributed by atoms with Crippen LogP contribution in [0.25, 0.3) is 0 Å². The number of amides is 1. The number of hydrogen-bond acceptors (Lipinski definition) is 4. The van der Waals surface area contributed by atoms with Crippen LogP contribution in [-0.2, 0) is 14.8 Å². The second kappa shape index (κ2) is 7.76. The smallest absolute Gasteiger partial charge is 0.223 e. The third-order valence-corrected chi connectivity index (χ3v) is 6.02. The average Bonchev–Trinajstić information content (AvgIpc) is 2.99. The average molecular weight is 340 g/mol. The predicted molar refractivity (Wildman–Crippen MR) is 84.8 cm³/mol. The van der Waals surface area contributed by atoms with Gasteiger partial charge in [-0.25, -0.2) is 13.1 Å². The Morgan fingerprint density at radius 3 is 2.57 bits per heavy atom. The maximum atomic E-state index is 12.4. The van der Waals surface area contributed by atoms with Crippen molar-refractivity contribution in [1.29, 1.82) is 0 Å². The molecule has 1 saturated heterocycles. The molecule has 2 aliphatic rings. The summed E-state index contributed by atoms with van der Waals surface area (Å²) in [6, 6.07) is -0.0568. The van der Waals surface area contributed by atoms with Crippen molar-refractivity contribution >= 4 is 28.3 Å². The molecular weight excluding hydrogens is 314 g/mol. The Morgan fingerprint density at radius 2 is 2.00 bits per heavy atom. The molecular formula is C13H26ClN3O3S. The summed E-state index contributed by atoms with van der Waals surface area (Å²) in [6.07, 6.45) is 5.22. The fourth-order valence-corrected chi connectivity index (χ4v) is 4.35. The summed E-state index contributed by atoms with van der Waals surface area (Å²) < 4.78 is 25.6. The molecule has 1 aliphatic carbocycles. The van der Waals surface area contributed by atoms with Crippen LogP contribution in [0.1, 0.15) is 38.5 Å². The molecule has 0 aromatic heterocycles. The third kappa shape index (κ3) is 4.81. The van der Waals surface area contributed by atoms with Crippen LogP contribution >= 0.6 is 12.4 Å². The zero-order chi connectivity index (χ0) is 14.8. The van der Waals surface area contributed by atoms with E-state index in [1.807, 2.05) is 0 Å². The van der Waals surface area contributed by atoms with Crippen molar-refractivity contribution in [3.8, 4) is 0 Å². The molecule has 2 rings (SSSR count). The van der Waals surface area contributed by atoms with Crippen LogP contribution in [0.3, 0.4) is 0 Å². The lowest BCUT2D eigenvalue weighted by atomic mass is 9.99. The lowest BCUT2D eigenvalue weighted by Crippen LogP contribution is -2.43. The number of rotatable bonds is 5. The van der Waals surface area contributed by atoms with Gasteiger partial charge in [0.25, 0.3) is 0 Å². The SMILES string of the molecule is CNS(=O)(=O)CC1CCCN1C(=O)C[C@@H]1CCC[C@H]1N.Cl. The highest BCUT2D eigenvalue weighted by molar-refractivity contribution is 7.89. The minimum absolute atomic E-state index is 0. The number of carbonyl (C=O) groups excluding carboxylic acids is 1. The molecule has 3 atom stereocenters. The normalized spacial score (nSPS) is 29.4. The summed E-state index contributed by atoms with van der Waals surface area (Å²) in [5.74, 6) is 0.345. The number of nitrogens with one attached hydrogen (secondary N) is 1. The molecule has 1 saturated carbocycles. The van der Waals surface area contributed by atoms with E-state index in [-0.39, 0.29) is 42.1 Å². The molecule has 8 heteroatoms. The Labute approximate surface area is 133 Å². The third-order valence-electron chi connectivity index (χ3n) is 4.57. The van der Waals surface area contributed by atoms with Crippen molar-refractivity contribution in [1.82, 2.24) is 9.62 Å². The molecule has 0 aromatic rings. The summed E-state index contributed by atoms with van der Waals surface area (Å²) in [6.45, 7) is 0.671. The molecule has 2 fully saturated rings. The summed E-state index contributed by atoms with van der Waals surface area (Å²) >= 11 is 0. The largest absolute Gasteiger partial charge is 0.339 e. The first-order valence-electron chi connectivity index (χ1n) is 7.39. The monoisotopic (exact) mass is 339 g/mol. The minimum atomic E-state index is -3.28. The van der Waals surface area contributed by atoms with Gasteiger partial charge in [0.2, 0.25) is 15.9 Å². The van der Waals surface area contributed by atoms with Crippen LogP contribution in [0.4, 0.5) is 0 Å². The van der Waals surface area contributed by atoms with E-state index in [1.54, 1.807) is 4.90 Å². The van der Waals surface area contributed by atoms with Gasteiger partial charge in [-0.1, -0.05) is 6.42 Å². The van der Waals surface area contributed by atoms with Crippen LogP contribution in [-0.4, -0.2) is 50.7 Å². The van der Waals surface area contributed by atoms with Crippen LogP contribution in [0, 0.1) is 5.92 Å². The molecule has 1 unspecified atom stereocenters. The minimum Gasteiger partial charge on any atom is -0.339 e. The highest BCUT2D eigenvalue weighted by Crippen LogP contribution is 2.29. The molecule has 21 heavy (non-hydrogen) atoms. The first-order valence-corrected chi connectivity index (χ1v) is 9.04.